The van der Waals surface area contributed by atoms with Gasteiger partial charge >= 0.3 is 0 Å². The van der Waals surface area contributed by atoms with Crippen LogP contribution in [-0.2, 0) is 6.54 Å². The average molecular weight is 310 g/mol. The molecule has 3 atom stereocenters. The molecule has 2 aromatic carbocycles. The summed E-state index contributed by atoms with van der Waals surface area (Å²) in [5, 5.41) is 3.72. The molecule has 2 aliphatic rings. The number of fused-ring (bicyclic) bond motifs is 1. The fourth-order valence-electron chi connectivity index (χ4n) is 4.24. The zero-order chi connectivity index (χ0) is 15.6. The van der Waals surface area contributed by atoms with E-state index >= 15 is 0 Å². The highest BCUT2D eigenvalue weighted by Gasteiger charge is 2.43. The number of nitrogens with one attached hydrogen (secondary N) is 1. The van der Waals surface area contributed by atoms with Gasteiger partial charge in [0, 0.05) is 31.1 Å². The van der Waals surface area contributed by atoms with Crippen LogP contribution in [0.2, 0.25) is 0 Å². The van der Waals surface area contributed by atoms with Crippen molar-refractivity contribution < 1.29 is 4.39 Å². The number of benzene rings is 2. The third-order valence-corrected chi connectivity index (χ3v) is 5.33. The minimum atomic E-state index is -0.152. The quantitative estimate of drug-likeness (QED) is 0.933. The predicted octanol–water partition coefficient (Wildman–Crippen LogP) is 3.55. The third kappa shape index (κ3) is 3.04. The number of hydrogen-bond acceptors (Lipinski definition) is 2. The summed E-state index contributed by atoms with van der Waals surface area (Å²) in [5.41, 5.74) is 2.63. The van der Waals surface area contributed by atoms with Crippen LogP contribution >= 0.6 is 0 Å². The van der Waals surface area contributed by atoms with Crippen LogP contribution in [0, 0.1) is 5.82 Å². The van der Waals surface area contributed by atoms with Crippen molar-refractivity contribution in [2.24, 2.45) is 0 Å². The Labute approximate surface area is 137 Å². The Hall–Kier alpha value is -1.71. The molecule has 0 spiro atoms. The van der Waals surface area contributed by atoms with Crippen molar-refractivity contribution >= 4 is 0 Å². The topological polar surface area (TPSA) is 15.3 Å². The standard InChI is InChI=1S/C20H23FN2/c21-17-10-8-16(9-11-17)18-14-23(13-15-5-2-1-3-6-15)19-7-4-12-22-20(18)19/h1-3,5-6,8-11,18-20,22H,4,7,12-14H2/t18-,19-,20-/m0/s1. The van der Waals surface area contributed by atoms with Crippen LogP contribution in [0.4, 0.5) is 4.39 Å². The van der Waals surface area contributed by atoms with Gasteiger partial charge in [-0.05, 0) is 42.6 Å². The van der Waals surface area contributed by atoms with Gasteiger partial charge in [-0.15, -0.1) is 0 Å². The number of piperidine rings is 1. The van der Waals surface area contributed by atoms with E-state index in [1.165, 1.54) is 24.0 Å². The maximum atomic E-state index is 13.2. The molecular formula is C20H23FN2. The van der Waals surface area contributed by atoms with Crippen LogP contribution < -0.4 is 5.32 Å². The molecule has 0 radical (unpaired) electrons. The summed E-state index contributed by atoms with van der Waals surface area (Å²) in [4.78, 5) is 2.61. The van der Waals surface area contributed by atoms with E-state index in [2.05, 4.69) is 40.5 Å². The van der Waals surface area contributed by atoms with Gasteiger partial charge in [0.15, 0.2) is 0 Å². The lowest BCUT2D eigenvalue weighted by molar-refractivity contribution is 0.194. The molecule has 2 fully saturated rings. The summed E-state index contributed by atoms with van der Waals surface area (Å²) < 4.78 is 13.2. The summed E-state index contributed by atoms with van der Waals surface area (Å²) >= 11 is 0. The number of halogens is 1. The van der Waals surface area contributed by atoms with Crippen molar-refractivity contribution in [2.45, 2.75) is 37.4 Å². The number of nitrogens with zero attached hydrogens (tertiary/aromatic N) is 1. The first-order valence-corrected chi connectivity index (χ1v) is 8.58. The van der Waals surface area contributed by atoms with Crippen molar-refractivity contribution in [3.8, 4) is 0 Å². The van der Waals surface area contributed by atoms with E-state index in [4.69, 9.17) is 0 Å². The van der Waals surface area contributed by atoms with Crippen molar-refractivity contribution in [3.05, 3.63) is 71.5 Å². The van der Waals surface area contributed by atoms with Gasteiger partial charge in [0.1, 0.15) is 5.82 Å². The highest BCUT2D eigenvalue weighted by atomic mass is 19.1. The summed E-state index contributed by atoms with van der Waals surface area (Å²) in [6, 6.07) is 18.9. The second kappa shape index (κ2) is 6.42. The lowest BCUT2D eigenvalue weighted by atomic mass is 9.88. The first-order valence-electron chi connectivity index (χ1n) is 8.58. The summed E-state index contributed by atoms with van der Waals surface area (Å²) in [6.45, 7) is 3.14. The highest BCUT2D eigenvalue weighted by molar-refractivity contribution is 5.27. The van der Waals surface area contributed by atoms with E-state index in [0.29, 0.717) is 18.0 Å². The molecule has 2 aromatic rings. The van der Waals surface area contributed by atoms with Crippen LogP contribution in [0.1, 0.15) is 29.9 Å². The molecule has 3 heteroatoms. The fourth-order valence-corrected chi connectivity index (χ4v) is 4.24. The van der Waals surface area contributed by atoms with Crippen molar-refractivity contribution in [1.82, 2.24) is 10.2 Å². The summed E-state index contributed by atoms with van der Waals surface area (Å²) in [7, 11) is 0. The zero-order valence-electron chi connectivity index (χ0n) is 13.3. The minimum Gasteiger partial charge on any atom is -0.312 e. The van der Waals surface area contributed by atoms with Gasteiger partial charge in [-0.3, -0.25) is 4.90 Å². The SMILES string of the molecule is Fc1ccc([C@@H]2CN(Cc3ccccc3)[C@H]3CCCN[C@@H]23)cc1. The van der Waals surface area contributed by atoms with Crippen LogP contribution in [-0.4, -0.2) is 30.1 Å². The van der Waals surface area contributed by atoms with Gasteiger partial charge < -0.3 is 5.32 Å². The van der Waals surface area contributed by atoms with Crippen LogP contribution in [0.5, 0.6) is 0 Å². The Balaban J connectivity index is 1.58. The Morgan fingerprint density at radius 1 is 1.04 bits per heavy atom. The smallest absolute Gasteiger partial charge is 0.123 e. The van der Waals surface area contributed by atoms with Crippen LogP contribution in [0.15, 0.2) is 54.6 Å². The number of likely N-dealkylation sites (tertiary alicyclic amines) is 1. The molecule has 0 saturated carbocycles. The maximum absolute atomic E-state index is 13.2. The van der Waals surface area contributed by atoms with Gasteiger partial charge in [-0.25, -0.2) is 4.39 Å². The molecule has 23 heavy (non-hydrogen) atoms. The first-order chi connectivity index (χ1) is 11.3. The average Bonchev–Trinajstić information content (AvgIpc) is 2.95. The largest absolute Gasteiger partial charge is 0.312 e. The van der Waals surface area contributed by atoms with Gasteiger partial charge in [0.25, 0.3) is 0 Å². The molecule has 0 aromatic heterocycles. The molecule has 0 bridgehead atoms. The van der Waals surface area contributed by atoms with Crippen LogP contribution in [0.25, 0.3) is 0 Å². The van der Waals surface area contributed by atoms with E-state index < -0.39 is 0 Å². The number of rotatable bonds is 3. The number of hydrogen-bond donors (Lipinski definition) is 1. The fraction of sp³-hybridized carbons (Fsp3) is 0.400. The minimum absolute atomic E-state index is 0.152. The molecule has 0 amide bonds. The molecule has 2 nitrogen and oxygen atoms in total. The Bertz CT molecular complexity index is 640. The van der Waals surface area contributed by atoms with Gasteiger partial charge in [-0.1, -0.05) is 42.5 Å². The Morgan fingerprint density at radius 3 is 2.61 bits per heavy atom. The summed E-state index contributed by atoms with van der Waals surface area (Å²) in [6.07, 6.45) is 2.49. The van der Waals surface area contributed by atoms with E-state index in [9.17, 15) is 4.39 Å². The molecule has 2 saturated heterocycles. The maximum Gasteiger partial charge on any atom is 0.123 e. The Kier molecular flexibility index (Phi) is 4.15. The third-order valence-electron chi connectivity index (χ3n) is 5.33. The molecular weight excluding hydrogens is 287 g/mol. The monoisotopic (exact) mass is 310 g/mol. The van der Waals surface area contributed by atoms with Crippen molar-refractivity contribution in [3.63, 3.8) is 0 Å². The second-order valence-corrected chi connectivity index (χ2v) is 6.76. The van der Waals surface area contributed by atoms with Crippen molar-refractivity contribution in [1.29, 1.82) is 0 Å². The van der Waals surface area contributed by atoms with Gasteiger partial charge in [0.2, 0.25) is 0 Å². The van der Waals surface area contributed by atoms with Gasteiger partial charge in [0.05, 0.1) is 0 Å². The normalized spacial score (nSPS) is 27.8. The van der Waals surface area contributed by atoms with E-state index in [0.717, 1.165) is 19.6 Å². The molecule has 2 aliphatic heterocycles. The van der Waals surface area contributed by atoms with Crippen molar-refractivity contribution in [2.75, 3.05) is 13.1 Å². The predicted molar refractivity (Wildman–Crippen MR) is 90.8 cm³/mol. The van der Waals surface area contributed by atoms with Crippen LogP contribution in [0.3, 0.4) is 0 Å². The molecule has 0 aliphatic carbocycles. The second-order valence-electron chi connectivity index (χ2n) is 6.76. The highest BCUT2D eigenvalue weighted by Crippen LogP contribution is 2.36. The lowest BCUT2D eigenvalue weighted by Gasteiger charge is -2.33. The molecule has 120 valence electrons. The van der Waals surface area contributed by atoms with E-state index in [1.807, 2.05) is 12.1 Å². The zero-order valence-corrected chi connectivity index (χ0v) is 13.3. The first kappa shape index (κ1) is 14.9. The van der Waals surface area contributed by atoms with E-state index in [1.54, 1.807) is 12.1 Å². The van der Waals surface area contributed by atoms with Gasteiger partial charge in [-0.2, -0.15) is 0 Å². The molecule has 0 unspecified atom stereocenters. The summed E-state index contributed by atoms with van der Waals surface area (Å²) in [5.74, 6) is 0.297. The molecule has 2 heterocycles. The molecule has 1 N–H and O–H groups in total. The Morgan fingerprint density at radius 2 is 1.83 bits per heavy atom. The van der Waals surface area contributed by atoms with E-state index in [-0.39, 0.29) is 5.82 Å². The lowest BCUT2D eigenvalue weighted by Crippen LogP contribution is -2.48. The molecule has 4 rings (SSSR count).